The zero-order chi connectivity index (χ0) is 40.5. The molecular weight excluding hydrogens is 721 g/mol. The van der Waals surface area contributed by atoms with Gasteiger partial charge in [-0.2, -0.15) is 0 Å². The predicted octanol–water partition coefficient (Wildman–Crippen LogP) is 5.29. The van der Waals surface area contributed by atoms with Crippen LogP contribution in [0.5, 0.6) is 0 Å². The maximum Gasteiger partial charge on any atom is 0.410 e. The van der Waals surface area contributed by atoms with Crippen LogP contribution in [0.1, 0.15) is 101 Å². The highest BCUT2D eigenvalue weighted by atomic mass is 16.6. The molecule has 4 aliphatic rings. The van der Waals surface area contributed by atoms with Gasteiger partial charge < -0.3 is 29.7 Å². The first kappa shape index (κ1) is 41.8. The second-order valence-corrected chi connectivity index (χ2v) is 16.8. The Kier molecular flexibility index (Phi) is 14.0. The number of likely N-dealkylation sites (N-methyl/N-ethyl adjacent to an activating group) is 1. The van der Waals surface area contributed by atoms with Crippen molar-refractivity contribution in [3.8, 4) is 23.7 Å². The summed E-state index contributed by atoms with van der Waals surface area (Å²) in [7, 11) is 1.52. The van der Waals surface area contributed by atoms with E-state index in [1.54, 1.807) is 32.6 Å². The molecule has 11 heteroatoms. The van der Waals surface area contributed by atoms with Crippen LogP contribution in [0, 0.1) is 29.6 Å². The Hall–Kier alpha value is -4.84. The van der Waals surface area contributed by atoms with Crippen molar-refractivity contribution < 1.29 is 33.4 Å². The number of rotatable bonds is 11. The molecule has 1 aliphatic heterocycles. The summed E-state index contributed by atoms with van der Waals surface area (Å²) >= 11 is 0. The van der Waals surface area contributed by atoms with Crippen LogP contribution in [0.4, 0.5) is 4.79 Å². The zero-order valence-corrected chi connectivity index (χ0v) is 34.1. The molecule has 1 saturated carbocycles. The molecule has 4 amide bonds. The number of benzene rings is 2. The summed E-state index contributed by atoms with van der Waals surface area (Å²) in [6.45, 7) is 7.81. The fraction of sp³-hybridized carbons (Fsp3) is 0.565. The van der Waals surface area contributed by atoms with Gasteiger partial charge >= 0.3 is 6.09 Å². The maximum atomic E-state index is 14.5. The van der Waals surface area contributed by atoms with Crippen molar-refractivity contribution >= 4 is 23.8 Å². The number of nitrogens with one attached hydrogen (secondary N) is 2. The monoisotopic (exact) mass is 778 g/mol. The quantitative estimate of drug-likeness (QED) is 0.297. The van der Waals surface area contributed by atoms with Gasteiger partial charge in [-0.15, -0.1) is 0 Å². The fourth-order valence-corrected chi connectivity index (χ4v) is 8.51. The number of ether oxygens (including phenoxy) is 3. The number of amides is 4. The molecule has 57 heavy (non-hydrogen) atoms. The molecule has 0 unspecified atom stereocenters. The summed E-state index contributed by atoms with van der Waals surface area (Å²) in [5.41, 5.74) is 4.04. The van der Waals surface area contributed by atoms with E-state index in [0.29, 0.717) is 32.4 Å². The number of fused-ring (bicyclic) bond motifs is 2. The Morgan fingerprint density at radius 2 is 1.47 bits per heavy atom. The first-order chi connectivity index (χ1) is 27.4. The number of likely N-dealkylation sites (tertiary alicyclic amines) is 1. The van der Waals surface area contributed by atoms with Gasteiger partial charge in [0.2, 0.25) is 17.7 Å². The summed E-state index contributed by atoms with van der Waals surface area (Å²) in [5.74, 6) is 10.7. The van der Waals surface area contributed by atoms with Gasteiger partial charge in [-0.25, -0.2) is 4.79 Å². The highest BCUT2D eigenvalue weighted by molar-refractivity contribution is 5.94. The van der Waals surface area contributed by atoms with E-state index >= 15 is 0 Å². The molecule has 0 spiro atoms. The molecule has 6 rings (SSSR count). The molecule has 2 aromatic carbocycles. The van der Waals surface area contributed by atoms with Crippen LogP contribution in [-0.4, -0.2) is 96.4 Å². The minimum atomic E-state index is -0.873. The summed E-state index contributed by atoms with van der Waals surface area (Å²) in [5, 5.41) is 6.26. The number of carbonyl (C=O) groups is 4. The Morgan fingerprint density at radius 3 is 2.14 bits per heavy atom. The lowest BCUT2D eigenvalue weighted by molar-refractivity contribution is -0.144. The highest BCUT2D eigenvalue weighted by Crippen LogP contribution is 2.35. The van der Waals surface area contributed by atoms with Crippen molar-refractivity contribution in [1.29, 1.82) is 0 Å². The second-order valence-electron chi connectivity index (χ2n) is 16.8. The lowest BCUT2D eigenvalue weighted by Gasteiger charge is -2.36. The second kappa shape index (κ2) is 19.1. The van der Waals surface area contributed by atoms with Gasteiger partial charge in [0.1, 0.15) is 36.9 Å². The molecule has 0 bridgehead atoms. The van der Waals surface area contributed by atoms with Gasteiger partial charge in [0.05, 0.1) is 18.2 Å². The fourth-order valence-electron chi connectivity index (χ4n) is 8.51. The minimum Gasteiger partial charge on any atom is -0.444 e. The van der Waals surface area contributed by atoms with E-state index in [1.807, 2.05) is 24.3 Å². The van der Waals surface area contributed by atoms with E-state index in [1.165, 1.54) is 23.1 Å². The first-order valence-corrected chi connectivity index (χ1v) is 20.6. The minimum absolute atomic E-state index is 0.0680. The van der Waals surface area contributed by atoms with Crippen LogP contribution < -0.4 is 10.6 Å². The maximum absolute atomic E-state index is 14.5. The Morgan fingerprint density at radius 1 is 0.842 bits per heavy atom. The lowest BCUT2D eigenvalue weighted by Crippen LogP contribution is -2.59. The molecule has 304 valence electrons. The SMILES string of the molecule is C[C@@H](C(=O)N[C@H](C(=O)N1CCC[C@H]1C(=O)N[C@H]1c2ccccc2C[C@@H]1OCC#CC#CCOC1Cc2ccccc2C1)C1CCCCC1)N(C)C(=O)OC(C)(C)C. The number of hydrogen-bond donors (Lipinski definition) is 2. The average Bonchev–Trinajstić information content (AvgIpc) is 3.94. The summed E-state index contributed by atoms with van der Waals surface area (Å²) in [6.07, 6.45) is 7.40. The summed E-state index contributed by atoms with van der Waals surface area (Å²) < 4.78 is 17.7. The Labute approximate surface area is 337 Å². The van der Waals surface area contributed by atoms with E-state index < -0.39 is 41.8 Å². The van der Waals surface area contributed by atoms with Crippen LogP contribution in [0.15, 0.2) is 48.5 Å². The summed E-state index contributed by atoms with van der Waals surface area (Å²) in [6, 6.07) is 13.6. The van der Waals surface area contributed by atoms with Crippen LogP contribution >= 0.6 is 0 Å². The smallest absolute Gasteiger partial charge is 0.410 e. The average molecular weight is 779 g/mol. The molecular formula is C46H58N4O7. The van der Waals surface area contributed by atoms with Crippen molar-refractivity contribution in [3.63, 3.8) is 0 Å². The van der Waals surface area contributed by atoms with Crippen LogP contribution in [0.3, 0.4) is 0 Å². The highest BCUT2D eigenvalue weighted by Gasteiger charge is 2.43. The largest absolute Gasteiger partial charge is 0.444 e. The number of nitrogens with zero attached hydrogens (tertiary/aromatic N) is 2. The molecule has 0 aromatic heterocycles. The van der Waals surface area contributed by atoms with E-state index in [4.69, 9.17) is 14.2 Å². The molecule has 3 aliphatic carbocycles. The topological polar surface area (TPSA) is 127 Å². The standard InChI is InChI=1S/C46H58N4O7/c1-31(49(5)45(54)57-46(2,3)4)42(51)47-40(32-18-9-8-10-19-32)44(53)50-25-17-24-38(50)43(52)48-41-37-23-14-13-22-35(37)30-39(41)56-27-16-7-6-15-26-55-36-28-33-20-11-12-21-34(33)29-36/h11-14,20-23,31-32,36,38-41H,8-10,17-19,24-30H2,1-5H3,(H,47,51)(H,48,52)/t31-,38-,39-,40-,41-/m0/s1. The molecule has 2 aromatic rings. The third-order valence-corrected chi connectivity index (χ3v) is 11.7. The van der Waals surface area contributed by atoms with Gasteiger partial charge in [-0.1, -0.05) is 79.6 Å². The van der Waals surface area contributed by atoms with Gasteiger partial charge in [0, 0.05) is 20.0 Å². The Balaban J connectivity index is 1.06. The lowest BCUT2D eigenvalue weighted by atomic mass is 9.83. The van der Waals surface area contributed by atoms with Gasteiger partial charge in [0.25, 0.3) is 0 Å². The Bertz CT molecular complexity index is 1870. The zero-order valence-electron chi connectivity index (χ0n) is 34.1. The van der Waals surface area contributed by atoms with Gasteiger partial charge in [-0.05, 0) is 106 Å². The molecule has 2 fully saturated rings. The molecule has 2 N–H and O–H groups in total. The van der Waals surface area contributed by atoms with Crippen LogP contribution in [0.25, 0.3) is 0 Å². The van der Waals surface area contributed by atoms with E-state index in [-0.39, 0.29) is 36.5 Å². The molecule has 0 radical (unpaired) electrons. The number of carbonyl (C=O) groups excluding carboxylic acids is 4. The van der Waals surface area contributed by atoms with E-state index in [9.17, 15) is 19.2 Å². The molecule has 11 nitrogen and oxygen atoms in total. The van der Waals surface area contributed by atoms with Crippen molar-refractivity contribution in [2.75, 3.05) is 26.8 Å². The number of hydrogen-bond acceptors (Lipinski definition) is 7. The van der Waals surface area contributed by atoms with Gasteiger partial charge in [0.15, 0.2) is 0 Å². The predicted molar refractivity (Wildman–Crippen MR) is 217 cm³/mol. The van der Waals surface area contributed by atoms with Crippen molar-refractivity contribution in [1.82, 2.24) is 20.4 Å². The molecule has 1 heterocycles. The molecule has 5 atom stereocenters. The first-order valence-electron chi connectivity index (χ1n) is 20.6. The van der Waals surface area contributed by atoms with E-state index in [2.05, 4.69) is 58.6 Å². The van der Waals surface area contributed by atoms with Gasteiger partial charge in [-0.3, -0.25) is 19.3 Å². The third-order valence-electron chi connectivity index (χ3n) is 11.7. The third kappa shape index (κ3) is 10.8. The molecule has 1 saturated heterocycles. The summed E-state index contributed by atoms with van der Waals surface area (Å²) in [4.78, 5) is 57.9. The normalized spacial score (nSPS) is 21.5. The van der Waals surface area contributed by atoms with Crippen LogP contribution in [0.2, 0.25) is 0 Å². The van der Waals surface area contributed by atoms with Crippen molar-refractivity contribution in [2.45, 2.75) is 134 Å². The van der Waals surface area contributed by atoms with Crippen LogP contribution in [-0.2, 0) is 47.9 Å². The van der Waals surface area contributed by atoms with Crippen molar-refractivity contribution in [2.24, 2.45) is 5.92 Å². The van der Waals surface area contributed by atoms with Crippen molar-refractivity contribution in [3.05, 3.63) is 70.8 Å². The van der Waals surface area contributed by atoms with E-state index in [0.717, 1.165) is 56.1 Å².